The Morgan fingerprint density at radius 3 is 0.750 bits per heavy atom. The van der Waals surface area contributed by atoms with Gasteiger partial charge in [0.25, 0.3) is 0 Å². The van der Waals surface area contributed by atoms with Crippen LogP contribution in [-0.4, -0.2) is 91.5 Å². The van der Waals surface area contributed by atoms with Gasteiger partial charge in [-0.3, -0.25) is 19.2 Å². The molecule has 28 heavy (non-hydrogen) atoms. The third kappa shape index (κ3) is 17.2. The van der Waals surface area contributed by atoms with Crippen LogP contribution in [0.4, 0.5) is 0 Å². The average molecular weight is 481 g/mol. The first kappa shape index (κ1) is 29.3. The van der Waals surface area contributed by atoms with Gasteiger partial charge >= 0.3 is 23.9 Å². The first-order valence-corrected chi connectivity index (χ1v) is 12.3. The zero-order chi connectivity index (χ0) is 22.3. The molecule has 0 aromatic heterocycles. The topological polar surface area (TPSA) is 253 Å². The highest BCUT2D eigenvalue weighted by molar-refractivity contribution is 8.77. The van der Waals surface area contributed by atoms with Crippen LogP contribution in [-0.2, 0) is 19.2 Å². The normalized spacial score (nSPS) is 14.7. The molecule has 0 saturated heterocycles. The molecule has 0 aliphatic carbocycles. The maximum Gasteiger partial charge on any atom is 0.321 e. The molecule has 0 rings (SSSR count). The summed E-state index contributed by atoms with van der Waals surface area (Å²) in [5.41, 5.74) is 20.8. The van der Waals surface area contributed by atoms with E-state index in [1.807, 2.05) is 0 Å². The van der Waals surface area contributed by atoms with Crippen LogP contribution in [0.3, 0.4) is 0 Å². The van der Waals surface area contributed by atoms with Crippen LogP contribution in [0.25, 0.3) is 0 Å². The lowest BCUT2D eigenvalue weighted by Crippen LogP contribution is -2.33. The highest BCUT2D eigenvalue weighted by Gasteiger charge is 2.15. The lowest BCUT2D eigenvalue weighted by Gasteiger charge is -2.07. The highest BCUT2D eigenvalue weighted by Crippen LogP contribution is 2.22. The molecule has 12 nitrogen and oxygen atoms in total. The third-order valence-corrected chi connectivity index (χ3v) is 7.37. The standard InChI is InChI=1S/2C6H12N2O4S2/c2*7-3(5(9)10)1-13-14-2-4(8)6(11)12/h2*3-4H,1-2,7-8H2,(H,9,10)(H,11,12)/t3-,4-;/m0./s1. The van der Waals surface area contributed by atoms with Gasteiger partial charge in [-0.05, 0) is 0 Å². The van der Waals surface area contributed by atoms with Crippen molar-refractivity contribution >= 4 is 67.1 Å². The molecule has 0 aromatic rings. The van der Waals surface area contributed by atoms with Gasteiger partial charge in [-0.1, -0.05) is 43.2 Å². The summed E-state index contributed by atoms with van der Waals surface area (Å²) < 4.78 is 0. The summed E-state index contributed by atoms with van der Waals surface area (Å²) in [6.45, 7) is 0. The zero-order valence-corrected chi connectivity index (χ0v) is 17.8. The lowest BCUT2D eigenvalue weighted by atomic mass is 10.4. The Balaban J connectivity index is 0. The Labute approximate surface area is 176 Å². The molecule has 0 radical (unpaired) electrons. The van der Waals surface area contributed by atoms with Gasteiger partial charge in [-0.25, -0.2) is 0 Å². The minimum Gasteiger partial charge on any atom is -0.480 e. The van der Waals surface area contributed by atoms with Crippen LogP contribution in [0.15, 0.2) is 0 Å². The first-order chi connectivity index (χ1) is 12.9. The average Bonchev–Trinajstić information content (AvgIpc) is 2.61. The smallest absolute Gasteiger partial charge is 0.321 e. The SMILES string of the molecule is NC(CSSCC(N)C(=O)O)C(=O)O.N[C@@H](CSSC[C@H](N)C(=O)O)C(=O)O. The number of hydrogen-bond donors (Lipinski definition) is 8. The van der Waals surface area contributed by atoms with E-state index in [0.717, 1.165) is 0 Å². The molecular formula is C12H24N4O8S4. The third-order valence-electron chi connectivity index (χ3n) is 2.43. The van der Waals surface area contributed by atoms with Gasteiger partial charge in [0.15, 0.2) is 0 Å². The molecule has 2 unspecified atom stereocenters. The van der Waals surface area contributed by atoms with E-state index in [-0.39, 0.29) is 23.0 Å². The molecular weight excluding hydrogens is 456 g/mol. The molecule has 0 fully saturated rings. The Hall–Kier alpha value is -0.880. The van der Waals surface area contributed by atoms with E-state index in [0.29, 0.717) is 0 Å². The van der Waals surface area contributed by atoms with Crippen molar-refractivity contribution in [2.75, 3.05) is 23.0 Å². The summed E-state index contributed by atoms with van der Waals surface area (Å²) in [7, 11) is 4.81. The second-order valence-electron chi connectivity index (χ2n) is 4.92. The summed E-state index contributed by atoms with van der Waals surface area (Å²) in [5, 5.41) is 33.6. The van der Waals surface area contributed by atoms with Crippen LogP contribution in [0, 0.1) is 0 Å². The fraction of sp³-hybridized carbons (Fsp3) is 0.667. The Bertz CT molecular complexity index is 428. The van der Waals surface area contributed by atoms with Crippen molar-refractivity contribution in [3.05, 3.63) is 0 Å². The summed E-state index contributed by atoms with van der Waals surface area (Å²) in [4.78, 5) is 41.1. The van der Waals surface area contributed by atoms with Gasteiger partial charge < -0.3 is 43.4 Å². The predicted octanol–water partition coefficient (Wildman–Crippen LogP) is -1.62. The molecule has 16 heteroatoms. The quantitative estimate of drug-likeness (QED) is 0.103. The number of aliphatic carboxylic acids is 4. The Morgan fingerprint density at radius 1 is 0.500 bits per heavy atom. The van der Waals surface area contributed by atoms with Crippen molar-refractivity contribution in [3.63, 3.8) is 0 Å². The van der Waals surface area contributed by atoms with E-state index < -0.39 is 48.0 Å². The Morgan fingerprint density at radius 2 is 0.643 bits per heavy atom. The Kier molecular flexibility index (Phi) is 17.8. The second kappa shape index (κ2) is 17.0. The predicted molar refractivity (Wildman–Crippen MR) is 112 cm³/mol. The summed E-state index contributed by atoms with van der Waals surface area (Å²) >= 11 is 0. The van der Waals surface area contributed by atoms with E-state index in [2.05, 4.69) is 0 Å². The van der Waals surface area contributed by atoms with E-state index >= 15 is 0 Å². The van der Waals surface area contributed by atoms with Crippen LogP contribution in [0.2, 0.25) is 0 Å². The highest BCUT2D eigenvalue weighted by atomic mass is 33.1. The molecule has 4 atom stereocenters. The fourth-order valence-electron chi connectivity index (χ4n) is 0.771. The number of hydrogen-bond acceptors (Lipinski definition) is 12. The van der Waals surface area contributed by atoms with Crippen LogP contribution in [0.1, 0.15) is 0 Å². The van der Waals surface area contributed by atoms with E-state index in [1.54, 1.807) is 0 Å². The summed E-state index contributed by atoms with van der Waals surface area (Å²) in [6, 6.07) is -3.69. The molecule has 0 amide bonds. The molecule has 12 N–H and O–H groups in total. The van der Waals surface area contributed by atoms with Crippen molar-refractivity contribution in [2.24, 2.45) is 22.9 Å². The molecule has 0 aromatic carbocycles. The van der Waals surface area contributed by atoms with Gasteiger partial charge in [0.1, 0.15) is 24.2 Å². The van der Waals surface area contributed by atoms with Crippen molar-refractivity contribution in [1.82, 2.24) is 0 Å². The number of rotatable bonds is 14. The second-order valence-corrected chi connectivity index (χ2v) is 10.0. The minimum atomic E-state index is -1.07. The fourth-order valence-corrected chi connectivity index (χ4v) is 5.23. The molecule has 0 heterocycles. The van der Waals surface area contributed by atoms with Gasteiger partial charge in [0.2, 0.25) is 0 Å². The lowest BCUT2D eigenvalue weighted by molar-refractivity contribution is -0.138. The first-order valence-electron chi connectivity index (χ1n) is 7.32. The summed E-state index contributed by atoms with van der Waals surface area (Å²) in [5.74, 6) is -3.36. The number of nitrogens with two attached hydrogens (primary N) is 4. The van der Waals surface area contributed by atoms with E-state index in [1.165, 1.54) is 43.2 Å². The molecule has 0 saturated carbocycles. The van der Waals surface area contributed by atoms with Crippen molar-refractivity contribution < 1.29 is 39.6 Å². The van der Waals surface area contributed by atoms with Crippen molar-refractivity contribution in [2.45, 2.75) is 24.2 Å². The van der Waals surface area contributed by atoms with Gasteiger partial charge in [-0.2, -0.15) is 0 Å². The molecule has 0 spiro atoms. The van der Waals surface area contributed by atoms with Gasteiger partial charge in [0, 0.05) is 23.0 Å². The maximum atomic E-state index is 10.3. The molecule has 0 bridgehead atoms. The molecule has 0 aliphatic heterocycles. The van der Waals surface area contributed by atoms with E-state index in [4.69, 9.17) is 43.4 Å². The van der Waals surface area contributed by atoms with Crippen molar-refractivity contribution in [1.29, 1.82) is 0 Å². The largest absolute Gasteiger partial charge is 0.480 e. The number of carbonyl (C=O) groups is 4. The monoisotopic (exact) mass is 480 g/mol. The van der Waals surface area contributed by atoms with Crippen LogP contribution < -0.4 is 22.9 Å². The number of carboxylic acid groups (broad SMARTS) is 4. The number of carboxylic acids is 4. The molecule has 0 aliphatic rings. The molecule has 164 valence electrons. The van der Waals surface area contributed by atoms with Gasteiger partial charge in [-0.15, -0.1) is 0 Å². The van der Waals surface area contributed by atoms with Crippen LogP contribution in [0.5, 0.6) is 0 Å². The minimum absolute atomic E-state index is 0.229. The van der Waals surface area contributed by atoms with Crippen molar-refractivity contribution in [3.8, 4) is 0 Å². The van der Waals surface area contributed by atoms with E-state index in [9.17, 15) is 19.2 Å². The van der Waals surface area contributed by atoms with Gasteiger partial charge in [0.05, 0.1) is 0 Å². The maximum absolute atomic E-state index is 10.3. The summed E-state index contributed by atoms with van der Waals surface area (Å²) in [6.07, 6.45) is 0. The van der Waals surface area contributed by atoms with Crippen LogP contribution >= 0.6 is 43.2 Å². The zero-order valence-electron chi connectivity index (χ0n) is 14.5.